The number of Topliss-reactive ketones (excluding diaryl/α,β-unsaturated/α-hetero) is 1. The summed E-state index contributed by atoms with van der Waals surface area (Å²) in [7, 11) is 0. The average molecular weight is 855 g/mol. The third kappa shape index (κ3) is 8.13. The van der Waals surface area contributed by atoms with Gasteiger partial charge in [0.05, 0.1) is 55.4 Å². The molecule has 6 aliphatic heterocycles. The Bertz CT molecular complexity index is 1620. The van der Waals surface area contributed by atoms with Crippen molar-refractivity contribution >= 4 is 11.8 Å². The molecule has 6 saturated heterocycles. The molecule has 23 atom stereocenters. The molecule has 13 heteroatoms. The summed E-state index contributed by atoms with van der Waals surface area (Å²) in [5.74, 6) is -1.24. The summed E-state index contributed by atoms with van der Waals surface area (Å²) in [5, 5.41) is 57.8. The molecular weight excluding hydrogens is 777 g/mol. The summed E-state index contributed by atoms with van der Waals surface area (Å²) in [6.07, 6.45) is 8.06. The van der Waals surface area contributed by atoms with Gasteiger partial charge in [-0.25, -0.2) is 4.79 Å². The molecule has 0 amide bonds. The number of carbonyl (C=O) groups is 2. The number of nitrogens with one attached hydrogen (secondary N) is 3. The van der Waals surface area contributed by atoms with E-state index in [2.05, 4.69) is 29.8 Å². The second-order valence-electron chi connectivity index (χ2n) is 21.9. The lowest BCUT2D eigenvalue weighted by atomic mass is 9.50. The standard InChI is InChI=1S/C48H78N4O9/c1-5-23(2)47(58)60-37-19-34-42(57)40-36(56)18-31(21-53)59-44(40)41-39-32-12-13-50-45(49)38(32)27(9-8-26-10-11-30(55)17-33(26)35(39)22-54)16-29(48(37,4)61-43(34)41)15-25-14-28-7-6-24(3)52-46(28)51-20-25/h5,24-35,37-46,50-55,57H,6-22,49H2,1-4H3/t24-,25?,26?,27?,28?,29+,30?,31?,32?,33?,34?,35?,37-,38?,39?,40?,41?,42?,43?,44?,45?,46?,48-/m0/s1. The molecule has 4 bridgehead atoms. The number of nitrogens with two attached hydrogens (primary N) is 1. The number of aliphatic hydroxyl groups excluding tert-OH is 4. The number of hydrogen-bond acceptors (Lipinski definition) is 13. The Labute approximate surface area is 363 Å². The van der Waals surface area contributed by atoms with Crippen molar-refractivity contribution in [2.45, 2.75) is 172 Å². The molecule has 0 aromatic heterocycles. The smallest absolute Gasteiger partial charge is 0.333 e. The number of ether oxygens (including phenoxy) is 3. The molecule has 0 aromatic rings. The average Bonchev–Trinajstić information content (AvgIpc) is 3.29. The van der Waals surface area contributed by atoms with Crippen LogP contribution in [0.3, 0.4) is 0 Å². The van der Waals surface area contributed by atoms with Gasteiger partial charge >= 0.3 is 5.97 Å². The van der Waals surface area contributed by atoms with Crippen molar-refractivity contribution in [1.82, 2.24) is 16.0 Å². The van der Waals surface area contributed by atoms with E-state index in [1.54, 1.807) is 13.0 Å². The first-order valence-corrected chi connectivity index (χ1v) is 24.6. The van der Waals surface area contributed by atoms with Crippen LogP contribution in [0, 0.1) is 76.9 Å². The molecule has 9 rings (SSSR count). The fraction of sp³-hybridized carbons (Fsp3) is 0.917. The van der Waals surface area contributed by atoms with Crippen LogP contribution in [-0.4, -0.2) is 119 Å². The van der Waals surface area contributed by atoms with Crippen molar-refractivity contribution in [3.05, 3.63) is 11.6 Å². The highest BCUT2D eigenvalue weighted by Gasteiger charge is 2.67. The van der Waals surface area contributed by atoms with Crippen molar-refractivity contribution in [2.24, 2.45) is 82.7 Å². The van der Waals surface area contributed by atoms with E-state index in [1.807, 2.05) is 6.92 Å². The molecule has 19 unspecified atom stereocenters. The second-order valence-corrected chi connectivity index (χ2v) is 21.9. The van der Waals surface area contributed by atoms with Gasteiger partial charge in [-0.05, 0) is 177 Å². The Morgan fingerprint density at radius 1 is 0.902 bits per heavy atom. The normalized spacial score (nSPS) is 52.5. The molecule has 0 aromatic carbocycles. The van der Waals surface area contributed by atoms with Gasteiger partial charge in [0.2, 0.25) is 0 Å². The van der Waals surface area contributed by atoms with Crippen LogP contribution in [-0.2, 0) is 23.8 Å². The zero-order chi connectivity index (χ0) is 42.9. The Morgan fingerprint density at radius 2 is 1.67 bits per heavy atom. The number of carbonyl (C=O) groups excluding carboxylic acids is 2. The van der Waals surface area contributed by atoms with Crippen LogP contribution in [0.25, 0.3) is 0 Å². The Hall–Kier alpha value is -1.52. The van der Waals surface area contributed by atoms with Crippen LogP contribution in [0.1, 0.15) is 111 Å². The summed E-state index contributed by atoms with van der Waals surface area (Å²) in [4.78, 5) is 28.4. The monoisotopic (exact) mass is 855 g/mol. The third-order valence-corrected chi connectivity index (χ3v) is 18.8. The van der Waals surface area contributed by atoms with Crippen molar-refractivity contribution in [3.8, 4) is 0 Å². The van der Waals surface area contributed by atoms with Gasteiger partial charge in [-0.2, -0.15) is 0 Å². The Kier molecular flexibility index (Phi) is 13.2. The summed E-state index contributed by atoms with van der Waals surface area (Å²) >= 11 is 0. The zero-order valence-corrected chi connectivity index (χ0v) is 37.2. The molecule has 3 aliphatic carbocycles. The van der Waals surface area contributed by atoms with Gasteiger partial charge in [-0.3, -0.25) is 10.1 Å². The summed E-state index contributed by atoms with van der Waals surface area (Å²) < 4.78 is 21.4. The van der Waals surface area contributed by atoms with E-state index >= 15 is 0 Å². The maximum absolute atomic E-state index is 14.4. The largest absolute Gasteiger partial charge is 0.456 e. The van der Waals surface area contributed by atoms with Crippen LogP contribution in [0.4, 0.5) is 0 Å². The van der Waals surface area contributed by atoms with E-state index < -0.39 is 65.9 Å². The number of allylic oxidation sites excluding steroid dienone is 1. The van der Waals surface area contributed by atoms with Crippen LogP contribution in [0.5, 0.6) is 0 Å². The van der Waals surface area contributed by atoms with Crippen molar-refractivity contribution in [3.63, 3.8) is 0 Å². The van der Waals surface area contributed by atoms with Crippen molar-refractivity contribution in [2.75, 3.05) is 26.3 Å². The molecule has 6 heterocycles. The lowest BCUT2D eigenvalue weighted by molar-refractivity contribution is -0.311. The van der Waals surface area contributed by atoms with E-state index in [1.165, 1.54) is 6.42 Å². The van der Waals surface area contributed by atoms with Gasteiger partial charge in [-0.15, -0.1) is 0 Å². The predicted molar refractivity (Wildman–Crippen MR) is 228 cm³/mol. The molecule has 3 saturated carbocycles. The SMILES string of the molecule is CC=C(C)C(=O)O[C@H]1CC2C(O)C3C(=O)CC(CO)OC3C3C2O[C@@]1(C)[C@H](CC1CNC2N[C@@H](C)CCC2C1)CC1CCC2CCC(O)CC2C(CO)C3C2CCNC(N)C12. The third-order valence-electron chi connectivity index (χ3n) is 18.8. The first-order valence-electron chi connectivity index (χ1n) is 24.6. The van der Waals surface area contributed by atoms with E-state index in [-0.39, 0.29) is 73.0 Å². The zero-order valence-electron chi connectivity index (χ0n) is 37.2. The number of fused-ring (bicyclic) bond motifs is 6. The van der Waals surface area contributed by atoms with Crippen molar-refractivity contribution in [1.29, 1.82) is 0 Å². The minimum absolute atomic E-state index is 0.0119. The van der Waals surface area contributed by atoms with Crippen molar-refractivity contribution < 1.29 is 44.2 Å². The topological polar surface area (TPSA) is 205 Å². The Balaban J connectivity index is 1.22. The molecule has 344 valence electrons. The van der Waals surface area contributed by atoms with Crippen LogP contribution in [0.15, 0.2) is 11.6 Å². The summed E-state index contributed by atoms with van der Waals surface area (Å²) in [6.45, 7) is 9.27. The highest BCUT2D eigenvalue weighted by molar-refractivity contribution is 5.87. The number of rotatable bonds is 6. The molecule has 61 heavy (non-hydrogen) atoms. The predicted octanol–water partition coefficient (Wildman–Crippen LogP) is 3.01. The van der Waals surface area contributed by atoms with E-state index in [0.717, 1.165) is 70.9 Å². The summed E-state index contributed by atoms with van der Waals surface area (Å²) in [5.41, 5.74) is 6.92. The molecule has 13 nitrogen and oxygen atoms in total. The highest BCUT2D eigenvalue weighted by atomic mass is 16.6. The number of esters is 1. The fourth-order valence-corrected chi connectivity index (χ4v) is 15.8. The van der Waals surface area contributed by atoms with Gasteiger partial charge < -0.3 is 51.0 Å². The van der Waals surface area contributed by atoms with Gasteiger partial charge in [0.15, 0.2) is 0 Å². The van der Waals surface area contributed by atoms with Crippen LogP contribution < -0.4 is 21.7 Å². The maximum atomic E-state index is 14.4. The molecular formula is C48H78N4O9. The molecule has 9 aliphatic rings. The fourth-order valence-electron chi connectivity index (χ4n) is 15.8. The first kappa shape index (κ1) is 44.7. The molecule has 0 spiro atoms. The Morgan fingerprint density at radius 3 is 2.44 bits per heavy atom. The van der Waals surface area contributed by atoms with Gasteiger partial charge in [-0.1, -0.05) is 6.08 Å². The number of aliphatic hydroxyl groups is 4. The van der Waals surface area contributed by atoms with E-state index in [9.17, 15) is 30.0 Å². The summed E-state index contributed by atoms with van der Waals surface area (Å²) in [6, 6.07) is 0.489. The van der Waals surface area contributed by atoms with E-state index in [4.69, 9.17) is 19.9 Å². The highest BCUT2D eigenvalue weighted by Crippen LogP contribution is 2.61. The number of piperidine rings is 3. The number of ketones is 1. The quantitative estimate of drug-likeness (QED) is 0.143. The maximum Gasteiger partial charge on any atom is 0.333 e. The van der Waals surface area contributed by atoms with Crippen LogP contribution >= 0.6 is 0 Å². The van der Waals surface area contributed by atoms with Gasteiger partial charge in [0.1, 0.15) is 17.5 Å². The minimum atomic E-state index is -1.11. The lowest BCUT2D eigenvalue weighted by Crippen LogP contribution is -2.72. The van der Waals surface area contributed by atoms with Gasteiger partial charge in [0.25, 0.3) is 0 Å². The molecule has 0 radical (unpaired) electrons. The lowest BCUT2D eigenvalue weighted by Gasteiger charge is -2.63. The molecule has 9 N–H and O–H groups in total. The van der Waals surface area contributed by atoms with Gasteiger partial charge in [0, 0.05) is 36.5 Å². The van der Waals surface area contributed by atoms with E-state index in [0.29, 0.717) is 48.4 Å². The first-order chi connectivity index (χ1) is 29.3. The molecule has 9 fully saturated rings. The van der Waals surface area contributed by atoms with Crippen LogP contribution in [0.2, 0.25) is 0 Å². The number of hydrogen-bond donors (Lipinski definition) is 8. The second kappa shape index (κ2) is 18.0. The minimum Gasteiger partial charge on any atom is -0.456 e.